The van der Waals surface area contributed by atoms with Gasteiger partial charge in [-0.25, -0.2) is 0 Å². The zero-order chi connectivity index (χ0) is 13.8. The molecule has 2 N–H and O–H groups in total. The summed E-state index contributed by atoms with van der Waals surface area (Å²) in [4.78, 5) is 12.4. The summed E-state index contributed by atoms with van der Waals surface area (Å²) < 4.78 is 0. The van der Waals surface area contributed by atoms with Crippen molar-refractivity contribution in [1.29, 1.82) is 0 Å². The Morgan fingerprint density at radius 3 is 2.70 bits per heavy atom. The van der Waals surface area contributed by atoms with Crippen LogP contribution >= 0.6 is 0 Å². The zero-order valence-electron chi connectivity index (χ0n) is 11.3. The zero-order valence-corrected chi connectivity index (χ0v) is 11.3. The van der Waals surface area contributed by atoms with E-state index < -0.39 is 0 Å². The molecule has 3 rings (SSSR count). The minimum absolute atomic E-state index is 0.0452. The summed E-state index contributed by atoms with van der Waals surface area (Å²) in [5.41, 5.74) is 3.31. The number of carbonyl (C=O) groups excluding carboxylic acids is 1. The molecule has 1 aliphatic rings. The van der Waals surface area contributed by atoms with Crippen LogP contribution in [0.3, 0.4) is 0 Å². The summed E-state index contributed by atoms with van der Waals surface area (Å²) in [6, 6.07) is 18.1. The summed E-state index contributed by atoms with van der Waals surface area (Å²) in [6.45, 7) is 1.44. The maximum absolute atomic E-state index is 12.4. The average molecular weight is 266 g/mol. The molecule has 2 aromatic carbocycles. The van der Waals surface area contributed by atoms with Gasteiger partial charge in [0.2, 0.25) is 5.91 Å². The van der Waals surface area contributed by atoms with E-state index in [9.17, 15) is 4.79 Å². The largest absolute Gasteiger partial charge is 0.385 e. The first-order valence-electron chi connectivity index (χ1n) is 6.99. The topological polar surface area (TPSA) is 41.1 Å². The number of amides is 1. The van der Waals surface area contributed by atoms with Crippen molar-refractivity contribution in [3.63, 3.8) is 0 Å². The van der Waals surface area contributed by atoms with E-state index in [1.165, 1.54) is 0 Å². The molecule has 2 aromatic rings. The van der Waals surface area contributed by atoms with Crippen LogP contribution in [0.15, 0.2) is 54.6 Å². The van der Waals surface area contributed by atoms with Crippen LogP contribution in [0.4, 0.5) is 5.69 Å². The van der Waals surface area contributed by atoms with Gasteiger partial charge in [0.1, 0.15) is 0 Å². The molecule has 0 bridgehead atoms. The second kappa shape index (κ2) is 5.78. The molecule has 1 aliphatic heterocycles. The quantitative estimate of drug-likeness (QED) is 0.897. The molecule has 1 unspecified atom stereocenters. The Hall–Kier alpha value is -2.29. The molecule has 1 amide bonds. The van der Waals surface area contributed by atoms with Crippen molar-refractivity contribution < 1.29 is 4.79 Å². The van der Waals surface area contributed by atoms with Gasteiger partial charge in [-0.1, -0.05) is 48.5 Å². The molecule has 0 saturated carbocycles. The summed E-state index contributed by atoms with van der Waals surface area (Å²) in [6.07, 6.45) is 0.845. The second-order valence-corrected chi connectivity index (χ2v) is 5.06. The van der Waals surface area contributed by atoms with Crippen molar-refractivity contribution in [3.8, 4) is 0 Å². The third kappa shape index (κ3) is 2.67. The van der Waals surface area contributed by atoms with E-state index in [2.05, 4.69) is 10.6 Å². The lowest BCUT2D eigenvalue weighted by Gasteiger charge is -2.25. The highest BCUT2D eigenvalue weighted by Crippen LogP contribution is 2.31. The van der Waals surface area contributed by atoms with Gasteiger partial charge in [-0.3, -0.25) is 4.79 Å². The van der Waals surface area contributed by atoms with Crippen molar-refractivity contribution >= 4 is 11.6 Å². The minimum Gasteiger partial charge on any atom is -0.385 e. The SMILES string of the molecule is O=C(NCc1ccccc1)C1CCNc2ccccc21. The molecule has 0 fully saturated rings. The number of benzene rings is 2. The summed E-state index contributed by atoms with van der Waals surface area (Å²) in [5, 5.41) is 6.38. The third-order valence-corrected chi connectivity index (χ3v) is 3.71. The van der Waals surface area contributed by atoms with Gasteiger partial charge in [0.15, 0.2) is 0 Å². The number of rotatable bonds is 3. The highest BCUT2D eigenvalue weighted by Gasteiger charge is 2.25. The van der Waals surface area contributed by atoms with Crippen LogP contribution in [0, 0.1) is 0 Å². The van der Waals surface area contributed by atoms with Gasteiger partial charge in [-0.05, 0) is 23.6 Å². The maximum Gasteiger partial charge on any atom is 0.227 e. The number of hydrogen-bond acceptors (Lipinski definition) is 2. The van der Waals surface area contributed by atoms with Crippen LogP contribution in [0.1, 0.15) is 23.5 Å². The lowest BCUT2D eigenvalue weighted by molar-refractivity contribution is -0.122. The van der Waals surface area contributed by atoms with Crippen LogP contribution in [0.25, 0.3) is 0 Å². The molecule has 0 saturated heterocycles. The van der Waals surface area contributed by atoms with E-state index in [-0.39, 0.29) is 11.8 Å². The van der Waals surface area contributed by atoms with Gasteiger partial charge in [0, 0.05) is 18.8 Å². The molecule has 0 radical (unpaired) electrons. The number of nitrogens with one attached hydrogen (secondary N) is 2. The molecule has 3 nitrogen and oxygen atoms in total. The van der Waals surface area contributed by atoms with Gasteiger partial charge >= 0.3 is 0 Å². The monoisotopic (exact) mass is 266 g/mol. The number of carbonyl (C=O) groups is 1. The van der Waals surface area contributed by atoms with Crippen molar-refractivity contribution in [1.82, 2.24) is 5.32 Å². The molecule has 20 heavy (non-hydrogen) atoms. The molecule has 1 heterocycles. The van der Waals surface area contributed by atoms with E-state index in [1.807, 2.05) is 54.6 Å². The van der Waals surface area contributed by atoms with Crippen LogP contribution < -0.4 is 10.6 Å². The number of anilines is 1. The van der Waals surface area contributed by atoms with Crippen molar-refractivity contribution in [2.24, 2.45) is 0 Å². The minimum atomic E-state index is -0.0452. The van der Waals surface area contributed by atoms with Crippen LogP contribution in [-0.4, -0.2) is 12.5 Å². The first-order valence-corrected chi connectivity index (χ1v) is 6.99. The van der Waals surface area contributed by atoms with Gasteiger partial charge in [0.05, 0.1) is 5.92 Å². The predicted molar refractivity (Wildman–Crippen MR) is 80.6 cm³/mol. The second-order valence-electron chi connectivity index (χ2n) is 5.06. The molecule has 1 atom stereocenters. The molecule has 102 valence electrons. The molecule has 0 spiro atoms. The Morgan fingerprint density at radius 1 is 1.10 bits per heavy atom. The molecular formula is C17H18N2O. The maximum atomic E-state index is 12.4. The van der Waals surface area contributed by atoms with Crippen LogP contribution in [0.2, 0.25) is 0 Å². The van der Waals surface area contributed by atoms with Crippen molar-refractivity contribution in [3.05, 3.63) is 65.7 Å². The van der Waals surface area contributed by atoms with Gasteiger partial charge in [0.25, 0.3) is 0 Å². The van der Waals surface area contributed by atoms with E-state index in [1.54, 1.807) is 0 Å². The van der Waals surface area contributed by atoms with E-state index in [0.29, 0.717) is 6.54 Å². The van der Waals surface area contributed by atoms with Gasteiger partial charge in [-0.2, -0.15) is 0 Å². The lowest BCUT2D eigenvalue weighted by Crippen LogP contribution is -2.32. The Balaban J connectivity index is 1.69. The Morgan fingerprint density at radius 2 is 1.85 bits per heavy atom. The third-order valence-electron chi connectivity index (χ3n) is 3.71. The standard InChI is InChI=1S/C17H18N2O/c20-17(19-12-13-6-2-1-3-7-13)15-10-11-18-16-9-5-4-8-14(15)16/h1-9,15,18H,10-12H2,(H,19,20). The molecular weight excluding hydrogens is 248 g/mol. The van der Waals surface area contributed by atoms with Gasteiger partial charge < -0.3 is 10.6 Å². The summed E-state index contributed by atoms with van der Waals surface area (Å²) in [7, 11) is 0. The van der Waals surface area contributed by atoms with Crippen molar-refractivity contribution in [2.75, 3.05) is 11.9 Å². The number of para-hydroxylation sites is 1. The molecule has 0 aliphatic carbocycles. The van der Waals surface area contributed by atoms with E-state index in [0.717, 1.165) is 29.8 Å². The van der Waals surface area contributed by atoms with E-state index in [4.69, 9.17) is 0 Å². The Kier molecular flexibility index (Phi) is 3.68. The fraction of sp³-hybridized carbons (Fsp3) is 0.235. The highest BCUT2D eigenvalue weighted by atomic mass is 16.1. The fourth-order valence-electron chi connectivity index (χ4n) is 2.65. The smallest absolute Gasteiger partial charge is 0.227 e. The lowest BCUT2D eigenvalue weighted by atomic mass is 9.90. The van der Waals surface area contributed by atoms with Gasteiger partial charge in [-0.15, -0.1) is 0 Å². The number of hydrogen-bond donors (Lipinski definition) is 2. The highest BCUT2D eigenvalue weighted by molar-refractivity contribution is 5.86. The normalized spacial score (nSPS) is 16.9. The average Bonchev–Trinajstić information content (AvgIpc) is 2.53. The Labute approximate surface area is 119 Å². The number of fused-ring (bicyclic) bond motifs is 1. The summed E-state index contributed by atoms with van der Waals surface area (Å²) >= 11 is 0. The summed E-state index contributed by atoms with van der Waals surface area (Å²) in [5.74, 6) is 0.0685. The molecule has 0 aromatic heterocycles. The first kappa shape index (κ1) is 12.7. The molecule has 3 heteroatoms. The van der Waals surface area contributed by atoms with Crippen molar-refractivity contribution in [2.45, 2.75) is 18.9 Å². The fourth-order valence-corrected chi connectivity index (χ4v) is 2.65. The predicted octanol–water partition coefficient (Wildman–Crippen LogP) is 2.90. The van der Waals surface area contributed by atoms with Crippen LogP contribution in [0.5, 0.6) is 0 Å². The first-order chi connectivity index (χ1) is 9.84. The van der Waals surface area contributed by atoms with E-state index >= 15 is 0 Å². The van der Waals surface area contributed by atoms with Crippen LogP contribution in [-0.2, 0) is 11.3 Å². The Bertz CT molecular complexity index is 595.